The maximum absolute atomic E-state index is 11.4. The molecule has 0 amide bonds. The summed E-state index contributed by atoms with van der Waals surface area (Å²) in [6.07, 6.45) is 1.60. The van der Waals surface area contributed by atoms with E-state index < -0.39 is 9.84 Å². The molecule has 0 aliphatic carbocycles. The van der Waals surface area contributed by atoms with Crippen LogP contribution in [-0.2, 0) is 9.84 Å². The Labute approximate surface area is 108 Å². The average Bonchev–Trinajstić information content (AvgIpc) is 2.81. The molecule has 0 saturated heterocycles. The Morgan fingerprint density at radius 1 is 1.41 bits per heavy atom. The first kappa shape index (κ1) is 14.7. The Balaban J connectivity index is 2.46. The van der Waals surface area contributed by atoms with Crippen molar-refractivity contribution >= 4 is 21.2 Å². The van der Waals surface area contributed by atoms with Crippen LogP contribution in [0.2, 0.25) is 0 Å². The zero-order valence-electron chi connectivity index (χ0n) is 10.5. The predicted molar refractivity (Wildman–Crippen MR) is 74.3 cm³/mol. The summed E-state index contributed by atoms with van der Waals surface area (Å²) in [6, 6.07) is 2.39. The SMILES string of the molecule is CCNC(CCCS(=O)(=O)CC)c1ccsc1. The normalized spacial score (nSPS) is 13.8. The number of nitrogens with one attached hydrogen (secondary N) is 1. The average molecular weight is 275 g/mol. The quantitative estimate of drug-likeness (QED) is 0.793. The molecule has 0 aromatic carbocycles. The minimum Gasteiger partial charge on any atom is -0.310 e. The third kappa shape index (κ3) is 5.19. The lowest BCUT2D eigenvalue weighted by Gasteiger charge is -2.16. The monoisotopic (exact) mass is 275 g/mol. The van der Waals surface area contributed by atoms with E-state index in [4.69, 9.17) is 0 Å². The molecule has 0 aliphatic rings. The van der Waals surface area contributed by atoms with Gasteiger partial charge in [0.15, 0.2) is 0 Å². The number of hydrogen-bond donors (Lipinski definition) is 1. The van der Waals surface area contributed by atoms with Crippen molar-refractivity contribution in [1.82, 2.24) is 5.32 Å². The van der Waals surface area contributed by atoms with Crippen LogP contribution in [0, 0.1) is 0 Å². The van der Waals surface area contributed by atoms with Crippen molar-refractivity contribution in [3.63, 3.8) is 0 Å². The second-order valence-corrected chi connectivity index (χ2v) is 7.30. The fraction of sp³-hybridized carbons (Fsp3) is 0.667. The number of rotatable bonds is 8. The van der Waals surface area contributed by atoms with Gasteiger partial charge in [-0.1, -0.05) is 13.8 Å². The molecule has 0 spiro atoms. The van der Waals surface area contributed by atoms with Crippen molar-refractivity contribution < 1.29 is 8.42 Å². The highest BCUT2D eigenvalue weighted by Gasteiger charge is 2.13. The van der Waals surface area contributed by atoms with Crippen LogP contribution in [0.5, 0.6) is 0 Å². The van der Waals surface area contributed by atoms with Gasteiger partial charge < -0.3 is 5.32 Å². The summed E-state index contributed by atoms with van der Waals surface area (Å²) >= 11 is 1.68. The van der Waals surface area contributed by atoms with Gasteiger partial charge in [0.2, 0.25) is 0 Å². The first-order chi connectivity index (χ1) is 8.09. The number of hydrogen-bond acceptors (Lipinski definition) is 4. The van der Waals surface area contributed by atoms with E-state index in [0.717, 1.165) is 19.4 Å². The Kier molecular flexibility index (Phi) is 6.16. The highest BCUT2D eigenvalue weighted by molar-refractivity contribution is 7.91. The molecule has 0 radical (unpaired) electrons. The van der Waals surface area contributed by atoms with Crippen LogP contribution < -0.4 is 5.32 Å². The van der Waals surface area contributed by atoms with Crippen molar-refractivity contribution in [3.05, 3.63) is 22.4 Å². The Hall–Kier alpha value is -0.390. The van der Waals surface area contributed by atoms with Crippen molar-refractivity contribution in [2.45, 2.75) is 32.7 Å². The minimum absolute atomic E-state index is 0.247. The van der Waals surface area contributed by atoms with Crippen LogP contribution in [0.25, 0.3) is 0 Å². The van der Waals surface area contributed by atoms with Crippen molar-refractivity contribution in [2.24, 2.45) is 0 Å². The van der Waals surface area contributed by atoms with Crippen molar-refractivity contribution in [1.29, 1.82) is 0 Å². The molecule has 1 rings (SSSR count). The van der Waals surface area contributed by atoms with E-state index in [1.807, 2.05) is 0 Å². The van der Waals surface area contributed by atoms with Gasteiger partial charge in [0.25, 0.3) is 0 Å². The summed E-state index contributed by atoms with van der Waals surface area (Å²) < 4.78 is 22.8. The van der Waals surface area contributed by atoms with Crippen molar-refractivity contribution in [2.75, 3.05) is 18.1 Å². The van der Waals surface area contributed by atoms with E-state index in [0.29, 0.717) is 11.8 Å². The van der Waals surface area contributed by atoms with E-state index in [1.165, 1.54) is 5.56 Å². The largest absolute Gasteiger partial charge is 0.310 e. The van der Waals surface area contributed by atoms with Crippen LogP contribution in [-0.4, -0.2) is 26.5 Å². The van der Waals surface area contributed by atoms with E-state index in [2.05, 4.69) is 29.1 Å². The fourth-order valence-electron chi connectivity index (χ4n) is 1.76. The summed E-state index contributed by atoms with van der Waals surface area (Å²) in [5.74, 6) is 0.548. The highest BCUT2D eigenvalue weighted by atomic mass is 32.2. The molecule has 1 heterocycles. The van der Waals surface area contributed by atoms with Gasteiger partial charge in [-0.25, -0.2) is 8.42 Å². The molecule has 0 fully saturated rings. The molecule has 17 heavy (non-hydrogen) atoms. The molecule has 1 aromatic heterocycles. The van der Waals surface area contributed by atoms with Gasteiger partial charge in [0.1, 0.15) is 9.84 Å². The highest BCUT2D eigenvalue weighted by Crippen LogP contribution is 2.21. The molecule has 1 unspecified atom stereocenters. The summed E-state index contributed by atoms with van der Waals surface area (Å²) in [7, 11) is -2.82. The molecule has 0 aliphatic heterocycles. The molecule has 1 atom stereocenters. The Bertz CT molecular complexity index is 398. The molecule has 0 bridgehead atoms. The van der Waals surface area contributed by atoms with Crippen molar-refractivity contribution in [3.8, 4) is 0 Å². The minimum atomic E-state index is -2.82. The standard InChI is InChI=1S/C12H21NO2S2/c1-3-13-12(11-7-8-16-10-11)6-5-9-17(14,15)4-2/h7-8,10,12-13H,3-6,9H2,1-2H3. The summed E-state index contributed by atoms with van der Waals surface area (Å²) in [6.45, 7) is 4.68. The lowest BCUT2D eigenvalue weighted by atomic mass is 10.1. The van der Waals surface area contributed by atoms with Gasteiger partial charge in [-0.2, -0.15) is 11.3 Å². The molecule has 0 saturated carbocycles. The second-order valence-electron chi connectivity index (χ2n) is 4.05. The van der Waals surface area contributed by atoms with E-state index in [9.17, 15) is 8.42 Å². The first-order valence-corrected chi connectivity index (χ1v) is 8.81. The lowest BCUT2D eigenvalue weighted by molar-refractivity contribution is 0.508. The summed E-state index contributed by atoms with van der Waals surface area (Å²) in [5.41, 5.74) is 1.27. The smallest absolute Gasteiger partial charge is 0.150 e. The van der Waals surface area contributed by atoms with E-state index in [-0.39, 0.29) is 5.75 Å². The third-order valence-corrected chi connectivity index (χ3v) is 5.28. The van der Waals surface area contributed by atoms with Gasteiger partial charge in [0.05, 0.1) is 5.75 Å². The summed E-state index contributed by atoms with van der Waals surface area (Å²) in [5, 5.41) is 7.59. The molecular weight excluding hydrogens is 254 g/mol. The van der Waals surface area contributed by atoms with Gasteiger partial charge >= 0.3 is 0 Å². The molecule has 5 heteroatoms. The maximum atomic E-state index is 11.4. The first-order valence-electron chi connectivity index (χ1n) is 6.05. The van der Waals surface area contributed by atoms with Gasteiger partial charge in [0, 0.05) is 11.8 Å². The van der Waals surface area contributed by atoms with Gasteiger partial charge in [-0.05, 0) is 41.8 Å². The molecule has 1 aromatic rings. The number of thiophene rings is 1. The number of sulfone groups is 1. The zero-order chi connectivity index (χ0) is 12.7. The second kappa shape index (κ2) is 7.13. The van der Waals surface area contributed by atoms with E-state index >= 15 is 0 Å². The van der Waals surface area contributed by atoms with Crippen LogP contribution in [0.15, 0.2) is 16.8 Å². The topological polar surface area (TPSA) is 46.2 Å². The van der Waals surface area contributed by atoms with Gasteiger partial charge in [-0.3, -0.25) is 0 Å². The molecular formula is C12H21NO2S2. The Morgan fingerprint density at radius 3 is 2.71 bits per heavy atom. The molecule has 1 N–H and O–H groups in total. The van der Waals surface area contributed by atoms with Crippen LogP contribution in [0.4, 0.5) is 0 Å². The predicted octanol–water partition coefficient (Wildman–Crippen LogP) is 2.61. The van der Waals surface area contributed by atoms with Crippen LogP contribution >= 0.6 is 11.3 Å². The third-order valence-electron chi connectivity index (χ3n) is 2.78. The molecule has 98 valence electrons. The Morgan fingerprint density at radius 2 is 2.18 bits per heavy atom. The summed E-state index contributed by atoms with van der Waals surface area (Å²) in [4.78, 5) is 0. The van der Waals surface area contributed by atoms with E-state index in [1.54, 1.807) is 18.3 Å². The molecule has 3 nitrogen and oxygen atoms in total. The maximum Gasteiger partial charge on any atom is 0.150 e. The lowest BCUT2D eigenvalue weighted by Crippen LogP contribution is -2.21. The zero-order valence-corrected chi connectivity index (χ0v) is 12.1. The van der Waals surface area contributed by atoms with Crippen LogP contribution in [0.1, 0.15) is 38.3 Å². The van der Waals surface area contributed by atoms with Gasteiger partial charge in [-0.15, -0.1) is 0 Å². The van der Waals surface area contributed by atoms with Crippen LogP contribution in [0.3, 0.4) is 0 Å². The fourth-order valence-corrected chi connectivity index (χ4v) is 3.37.